The molecule has 460 valence electrons. The summed E-state index contributed by atoms with van der Waals surface area (Å²) in [6.07, 6.45) is 101. The van der Waals surface area contributed by atoms with Gasteiger partial charge in [0.05, 0.1) is 0 Å². The van der Waals surface area contributed by atoms with Gasteiger partial charge in [-0.25, -0.2) is 0 Å². The molecule has 0 bridgehead atoms. The van der Waals surface area contributed by atoms with Gasteiger partial charge in [0.15, 0.2) is 6.10 Å². The summed E-state index contributed by atoms with van der Waals surface area (Å²) in [5.74, 6) is -0.930. The predicted octanol–water partition coefficient (Wildman–Crippen LogP) is 23.0. The molecular formula is C76H120O6. The second kappa shape index (κ2) is 68.3. The van der Waals surface area contributed by atoms with Gasteiger partial charge in [-0.15, -0.1) is 0 Å². The molecule has 0 radical (unpaired) electrons. The first-order chi connectivity index (χ1) is 40.5. The second-order valence-corrected chi connectivity index (χ2v) is 21.3. The Balaban J connectivity index is 4.19. The van der Waals surface area contributed by atoms with Crippen molar-refractivity contribution >= 4 is 17.9 Å². The minimum atomic E-state index is -0.795. The monoisotopic (exact) mass is 1130 g/mol. The minimum Gasteiger partial charge on any atom is -0.462 e. The zero-order valence-corrected chi connectivity index (χ0v) is 52.7. The average Bonchev–Trinajstić information content (AvgIpc) is 3.47. The van der Waals surface area contributed by atoms with Crippen LogP contribution < -0.4 is 0 Å². The summed E-state index contributed by atoms with van der Waals surface area (Å²) in [5, 5.41) is 0. The highest BCUT2D eigenvalue weighted by molar-refractivity contribution is 5.71. The summed E-state index contributed by atoms with van der Waals surface area (Å²) in [4.78, 5) is 38.1. The Morgan fingerprint density at radius 2 is 0.476 bits per heavy atom. The van der Waals surface area contributed by atoms with Crippen LogP contribution in [0.15, 0.2) is 170 Å². The van der Waals surface area contributed by atoms with Crippen LogP contribution in [-0.4, -0.2) is 37.2 Å². The Bertz CT molecular complexity index is 1870. The summed E-state index contributed by atoms with van der Waals surface area (Å²) < 4.78 is 16.8. The maximum Gasteiger partial charge on any atom is 0.306 e. The van der Waals surface area contributed by atoms with Crippen LogP contribution in [0.25, 0.3) is 0 Å². The number of hydrogen-bond acceptors (Lipinski definition) is 6. The third-order valence-corrected chi connectivity index (χ3v) is 13.5. The molecule has 0 aliphatic carbocycles. The number of esters is 3. The molecule has 0 saturated heterocycles. The van der Waals surface area contributed by atoms with Gasteiger partial charge in [-0.1, -0.05) is 287 Å². The van der Waals surface area contributed by atoms with Crippen LogP contribution in [0.1, 0.15) is 271 Å². The maximum absolute atomic E-state index is 12.9. The average molecular weight is 1130 g/mol. The van der Waals surface area contributed by atoms with E-state index in [9.17, 15) is 14.4 Å². The van der Waals surface area contributed by atoms with E-state index in [0.29, 0.717) is 19.3 Å². The lowest BCUT2D eigenvalue weighted by Crippen LogP contribution is -2.30. The van der Waals surface area contributed by atoms with E-state index >= 15 is 0 Å². The zero-order valence-electron chi connectivity index (χ0n) is 52.7. The largest absolute Gasteiger partial charge is 0.462 e. The van der Waals surface area contributed by atoms with Crippen LogP contribution in [0.4, 0.5) is 0 Å². The van der Waals surface area contributed by atoms with Gasteiger partial charge in [0.25, 0.3) is 0 Å². The van der Waals surface area contributed by atoms with Gasteiger partial charge in [-0.3, -0.25) is 14.4 Å². The van der Waals surface area contributed by atoms with Crippen molar-refractivity contribution in [2.45, 2.75) is 277 Å². The van der Waals surface area contributed by atoms with Crippen molar-refractivity contribution in [2.75, 3.05) is 13.2 Å². The SMILES string of the molecule is CC/C=C\C/C=C\C/C=C\C/C=C\C/C=C\C/C=C\C/C=C\CCCCCCCCCC(=O)OCC(COC(=O)CCCCCCCC)OC(=O)CCCCCCCCC/C=C\C/C=C\C/C=C\C/C=C\C/C=C\C/C=C\C/C=C\CC. The molecule has 0 amide bonds. The first kappa shape index (κ1) is 76.8. The Labute approximate surface area is 504 Å². The molecule has 0 heterocycles. The Morgan fingerprint density at radius 1 is 0.256 bits per heavy atom. The molecule has 0 spiro atoms. The van der Waals surface area contributed by atoms with Crippen LogP contribution in [-0.2, 0) is 28.6 Å². The Kier molecular flexibility index (Phi) is 63.9. The molecule has 0 rings (SSSR count). The molecule has 0 fully saturated rings. The molecule has 0 N–H and O–H groups in total. The summed E-state index contributed by atoms with van der Waals surface area (Å²) in [5.41, 5.74) is 0. The second-order valence-electron chi connectivity index (χ2n) is 21.3. The smallest absolute Gasteiger partial charge is 0.306 e. The molecule has 0 aliphatic heterocycles. The number of ether oxygens (including phenoxy) is 3. The van der Waals surface area contributed by atoms with Crippen molar-refractivity contribution < 1.29 is 28.6 Å². The fourth-order valence-electron chi connectivity index (χ4n) is 8.58. The number of allylic oxidation sites excluding steroid dienone is 28. The van der Waals surface area contributed by atoms with Gasteiger partial charge >= 0.3 is 17.9 Å². The van der Waals surface area contributed by atoms with Gasteiger partial charge < -0.3 is 14.2 Å². The number of hydrogen-bond donors (Lipinski definition) is 0. The van der Waals surface area contributed by atoms with Crippen molar-refractivity contribution in [1.29, 1.82) is 0 Å². The van der Waals surface area contributed by atoms with Crippen LogP contribution in [0, 0.1) is 0 Å². The number of carbonyl (C=O) groups is 3. The van der Waals surface area contributed by atoms with E-state index in [1.54, 1.807) is 0 Å². The molecule has 0 aromatic rings. The third-order valence-electron chi connectivity index (χ3n) is 13.5. The van der Waals surface area contributed by atoms with Crippen molar-refractivity contribution in [3.63, 3.8) is 0 Å². The van der Waals surface area contributed by atoms with Crippen molar-refractivity contribution in [3.05, 3.63) is 170 Å². The van der Waals surface area contributed by atoms with E-state index in [1.807, 2.05) is 0 Å². The van der Waals surface area contributed by atoms with Gasteiger partial charge in [-0.2, -0.15) is 0 Å². The molecule has 82 heavy (non-hydrogen) atoms. The molecule has 0 aliphatic rings. The van der Waals surface area contributed by atoms with Crippen molar-refractivity contribution in [3.8, 4) is 0 Å². The van der Waals surface area contributed by atoms with Gasteiger partial charge in [-0.05, 0) is 135 Å². The summed E-state index contributed by atoms with van der Waals surface area (Å²) >= 11 is 0. The number of unbranched alkanes of at least 4 members (excludes halogenated alkanes) is 19. The van der Waals surface area contributed by atoms with E-state index in [1.165, 1.54) is 64.2 Å². The van der Waals surface area contributed by atoms with Crippen LogP contribution in [0.5, 0.6) is 0 Å². The summed E-state index contributed by atoms with van der Waals surface area (Å²) in [6.45, 7) is 6.33. The third kappa shape index (κ3) is 65.6. The molecule has 0 aromatic heterocycles. The summed E-state index contributed by atoms with van der Waals surface area (Å²) in [6, 6.07) is 0. The highest BCUT2D eigenvalue weighted by Crippen LogP contribution is 2.14. The standard InChI is InChI=1S/C76H120O6/c1-4-7-10-13-16-18-20-22-24-26-28-30-32-34-36-38-40-42-44-46-48-50-52-54-56-58-60-63-66-69-75(78)81-72-73(71-80-74(77)68-65-62-15-12-9-6-3)82-76(79)70-67-64-61-59-57-55-53-51-49-47-45-43-41-39-37-35-33-31-29-27-25-23-21-19-17-14-11-8-5-2/h7-8,10-11,16-19,22-25,28-31,34-37,40-43,46-49,73H,4-6,9,12-15,20-21,26-27,32-33,38-39,44-45,50-72H2,1-3H3/b10-7-,11-8-,18-16-,19-17-,24-22-,25-23-,30-28-,31-29-,36-34-,37-35-,42-40-,43-41-,48-46-,49-47-. The van der Waals surface area contributed by atoms with Crippen LogP contribution in [0.3, 0.4) is 0 Å². The van der Waals surface area contributed by atoms with E-state index in [2.05, 4.69) is 191 Å². The van der Waals surface area contributed by atoms with Gasteiger partial charge in [0, 0.05) is 19.3 Å². The lowest BCUT2D eigenvalue weighted by atomic mass is 10.1. The Morgan fingerprint density at radius 3 is 0.744 bits per heavy atom. The molecule has 6 heteroatoms. The fraction of sp³-hybridized carbons (Fsp3) is 0.592. The number of carbonyl (C=O) groups excluding carboxylic acids is 3. The minimum absolute atomic E-state index is 0.0926. The van der Waals surface area contributed by atoms with Crippen molar-refractivity contribution in [1.82, 2.24) is 0 Å². The van der Waals surface area contributed by atoms with Crippen LogP contribution >= 0.6 is 0 Å². The van der Waals surface area contributed by atoms with Gasteiger partial charge in [0.2, 0.25) is 0 Å². The molecule has 1 unspecified atom stereocenters. The topological polar surface area (TPSA) is 78.9 Å². The number of rotatable bonds is 58. The zero-order chi connectivity index (χ0) is 59.2. The molecule has 0 saturated carbocycles. The summed E-state index contributed by atoms with van der Waals surface area (Å²) in [7, 11) is 0. The van der Waals surface area contributed by atoms with E-state index in [4.69, 9.17) is 14.2 Å². The normalized spacial score (nSPS) is 13.3. The molecule has 6 nitrogen and oxygen atoms in total. The highest BCUT2D eigenvalue weighted by Gasteiger charge is 2.19. The lowest BCUT2D eigenvalue weighted by Gasteiger charge is -2.18. The predicted molar refractivity (Wildman–Crippen MR) is 357 cm³/mol. The van der Waals surface area contributed by atoms with E-state index < -0.39 is 6.10 Å². The highest BCUT2D eigenvalue weighted by atomic mass is 16.6. The van der Waals surface area contributed by atoms with Crippen molar-refractivity contribution in [2.24, 2.45) is 0 Å². The van der Waals surface area contributed by atoms with E-state index in [0.717, 1.165) is 167 Å². The molecule has 0 aromatic carbocycles. The molecule has 1 atom stereocenters. The van der Waals surface area contributed by atoms with Crippen LogP contribution in [0.2, 0.25) is 0 Å². The lowest BCUT2D eigenvalue weighted by molar-refractivity contribution is -0.167. The first-order valence-corrected chi connectivity index (χ1v) is 33.1. The molecular weight excluding hydrogens is 1010 g/mol. The Hall–Kier alpha value is -5.23. The quantitative estimate of drug-likeness (QED) is 0.0261. The first-order valence-electron chi connectivity index (χ1n) is 33.1. The maximum atomic E-state index is 12.9. The van der Waals surface area contributed by atoms with E-state index in [-0.39, 0.29) is 31.1 Å². The fourth-order valence-corrected chi connectivity index (χ4v) is 8.58. The van der Waals surface area contributed by atoms with Gasteiger partial charge in [0.1, 0.15) is 13.2 Å².